The third-order valence-corrected chi connectivity index (χ3v) is 23.7. The standard InChI is InChI=1S/C95H144N22O29/c1-11-49(7)76(114-87(137)64(39-55-43-100-58-25-17-16-24-57(55)58)109-93(143)78(51(9)120)117-89(139)69(46-119)112-92(142)77(50(8)12-2)115-94(144)79(52(10)121)116-82(132)59(26-18-20-34-96)102-71(124)42-98)91(141)111-68(45-118)88(138)107-65(40-73(126)127)80(130)101-44-72(125)103-61(32-33-70(99)123)83(133)113-75(48(5)6)90(140)104-60(27-19-21-35-97)81(131)108-66(41-74(128)129)86(136)106-62(37-53-22-14-13-15-23-53)84(134)105-63(38-54-28-30-56(122)31-29-54)85(135)110-67(95(145)146)36-47(3)4/h13-17,22-25,28-31,43,47-52,59-69,75-79,100,118-122H,11-12,18-21,26-27,32-42,44-46,96-98H2,1-10H3,(H2,99,123)(H,101,130)(H,102,124)(H,103,125)(H,104,140)(H,105,134)(H,106,136)(H,107,138)(H,108,131)(H,109,143)(H,110,135)(H,111,141)(H,112,142)(H,113,133)(H,114,137)(H,115,144)(H,116,132)(H,117,139)(H,126,127)(H,128,129)(H,145,146)/t49-,50-,51+,52+,59-,60-,61-,62-,63-,64-,65-,66-,67-,68-,69-,75-,76-,77-,78-,79-/m0/s1. The molecule has 51 heteroatoms. The van der Waals surface area contributed by atoms with E-state index in [1.807, 2.05) is 0 Å². The summed E-state index contributed by atoms with van der Waals surface area (Å²) in [7, 11) is 0. The van der Waals surface area contributed by atoms with Crippen LogP contribution in [0.15, 0.2) is 85.1 Å². The fourth-order valence-electron chi connectivity index (χ4n) is 15.0. The average molecular weight is 2060 g/mol. The second-order valence-electron chi connectivity index (χ2n) is 36.4. The number of carboxylic acids is 3. The van der Waals surface area contributed by atoms with Gasteiger partial charge in [-0.1, -0.05) is 129 Å². The number of fused-ring (bicyclic) bond motifs is 1. The maximum Gasteiger partial charge on any atom is 0.326 e. The molecule has 0 saturated carbocycles. The molecule has 4 rings (SSSR count). The van der Waals surface area contributed by atoms with Gasteiger partial charge in [0.2, 0.25) is 106 Å². The van der Waals surface area contributed by atoms with Crippen LogP contribution in [0.1, 0.15) is 169 Å². The van der Waals surface area contributed by atoms with Crippen molar-refractivity contribution in [1.29, 1.82) is 0 Å². The van der Waals surface area contributed by atoms with E-state index in [2.05, 4.69) is 95.4 Å². The third kappa shape index (κ3) is 42.1. The Morgan fingerprint density at radius 2 is 0.719 bits per heavy atom. The Labute approximate surface area is 842 Å². The summed E-state index contributed by atoms with van der Waals surface area (Å²) >= 11 is 0. The summed E-state index contributed by atoms with van der Waals surface area (Å²) in [6, 6.07) is -7.59. The predicted octanol–water partition coefficient (Wildman–Crippen LogP) is -7.17. The highest BCUT2D eigenvalue weighted by molar-refractivity contribution is 6.03. The van der Waals surface area contributed by atoms with Gasteiger partial charge in [-0.15, -0.1) is 0 Å². The lowest BCUT2D eigenvalue weighted by Gasteiger charge is -2.30. The number of unbranched alkanes of at least 4 members (excludes halogenated alkanes) is 2. The number of carbonyl (C=O) groups is 21. The highest BCUT2D eigenvalue weighted by Crippen LogP contribution is 2.23. The number of aliphatic carboxylic acids is 3. The van der Waals surface area contributed by atoms with Gasteiger partial charge in [0.25, 0.3) is 0 Å². The van der Waals surface area contributed by atoms with E-state index in [1.54, 1.807) is 82.3 Å². The lowest BCUT2D eigenvalue weighted by atomic mass is 9.96. The fraction of sp³-hybridized carbons (Fsp3) is 0.568. The lowest BCUT2D eigenvalue weighted by molar-refractivity contribution is -0.143. The molecule has 0 spiro atoms. The molecule has 1 heterocycles. The van der Waals surface area contributed by atoms with Gasteiger partial charge in [0.1, 0.15) is 102 Å². The maximum absolute atomic E-state index is 14.9. The number of carboxylic acid groups (broad SMARTS) is 3. The number of para-hydroxylation sites is 1. The maximum atomic E-state index is 14.9. The number of aliphatic hydroxyl groups excluding tert-OH is 4. The Kier molecular flexibility index (Phi) is 53.4. The van der Waals surface area contributed by atoms with E-state index in [-0.39, 0.29) is 82.5 Å². The molecule has 51 nitrogen and oxygen atoms in total. The van der Waals surface area contributed by atoms with Gasteiger partial charge in [-0.3, -0.25) is 95.9 Å². The Bertz CT molecular complexity index is 5080. The number of nitrogens with two attached hydrogens (primary N) is 4. The first-order valence-electron chi connectivity index (χ1n) is 48.1. The molecule has 3 aromatic carbocycles. The summed E-state index contributed by atoms with van der Waals surface area (Å²) in [4.78, 5) is 293. The molecule has 34 N–H and O–H groups in total. The SMILES string of the molecule is CC[C@H](C)[C@H](NC(=O)[C@H](Cc1c[nH]c2ccccc12)NC(=O)[C@@H](NC(=O)[C@H](CO)NC(=O)[C@@H](NC(=O)[C@@H](NC(=O)[C@H](CCCCN)NC(=O)CN)[C@@H](C)O)[C@@H](C)CC)[C@@H](C)O)C(=O)N[C@@H](CO)C(=O)N[C@@H](CC(=O)O)C(=O)NCC(=O)N[C@@H](CCC(N)=O)C(=O)N[C@H](C(=O)N[C@@H](CCCCN)C(=O)N[C@@H](CC(=O)O)C(=O)N[C@@H](Cc1ccccc1)C(=O)N[C@@H](Cc1ccc(O)cc1)C(=O)N[C@@H](CC(C)C)C(=O)O)C(C)C. The molecule has 0 unspecified atom stereocenters. The average Bonchev–Trinajstić information content (AvgIpc) is 1.68. The molecule has 1 aromatic heterocycles. The molecule has 20 atom stereocenters. The van der Waals surface area contributed by atoms with Gasteiger partial charge < -0.3 is 159 Å². The second kappa shape index (κ2) is 63.0. The number of benzene rings is 3. The van der Waals surface area contributed by atoms with Crippen LogP contribution in [-0.4, -0.2) is 318 Å². The minimum absolute atomic E-state index is 0.0121. The van der Waals surface area contributed by atoms with Crippen LogP contribution in [0.4, 0.5) is 0 Å². The number of aliphatic hydroxyl groups is 4. The smallest absolute Gasteiger partial charge is 0.326 e. The summed E-state index contributed by atoms with van der Waals surface area (Å²) in [5.41, 5.74) is 24.1. The van der Waals surface area contributed by atoms with Crippen LogP contribution < -0.4 is 113 Å². The molecule has 0 fully saturated rings. The molecule has 0 radical (unpaired) electrons. The molecular weight excluding hydrogens is 1910 g/mol. The normalized spacial score (nSPS) is 15.4. The van der Waals surface area contributed by atoms with Crippen LogP contribution in [0.3, 0.4) is 0 Å². The number of carbonyl (C=O) groups excluding carboxylic acids is 18. The molecule has 18 amide bonds. The molecular formula is C95H144N22O29. The minimum atomic E-state index is -2.14. The van der Waals surface area contributed by atoms with E-state index in [1.165, 1.54) is 65.1 Å². The summed E-state index contributed by atoms with van der Waals surface area (Å²) in [5.74, 6) is -28.0. The van der Waals surface area contributed by atoms with Crippen LogP contribution in [-0.2, 0) is 120 Å². The molecule has 4 aromatic rings. The van der Waals surface area contributed by atoms with E-state index in [0.717, 1.165) is 6.92 Å². The van der Waals surface area contributed by atoms with Gasteiger partial charge in [0.15, 0.2) is 0 Å². The van der Waals surface area contributed by atoms with Gasteiger partial charge in [0, 0.05) is 42.8 Å². The van der Waals surface area contributed by atoms with E-state index in [9.17, 15) is 142 Å². The highest BCUT2D eigenvalue weighted by atomic mass is 16.4. The lowest BCUT2D eigenvalue weighted by Crippen LogP contribution is -2.64. The van der Waals surface area contributed by atoms with Crippen LogP contribution in [0, 0.1) is 23.7 Å². The van der Waals surface area contributed by atoms with Crippen molar-refractivity contribution in [3.8, 4) is 5.75 Å². The monoisotopic (exact) mass is 2060 g/mol. The number of phenols is 1. The minimum Gasteiger partial charge on any atom is -0.508 e. The number of primary amides is 1. The van der Waals surface area contributed by atoms with Gasteiger partial charge in [-0.2, -0.15) is 0 Å². The van der Waals surface area contributed by atoms with Crippen molar-refractivity contribution >= 4 is 135 Å². The van der Waals surface area contributed by atoms with Crippen LogP contribution in [0.25, 0.3) is 10.9 Å². The van der Waals surface area contributed by atoms with E-state index < -0.39 is 309 Å². The molecule has 0 aliphatic rings. The second-order valence-corrected chi connectivity index (χ2v) is 36.4. The van der Waals surface area contributed by atoms with Crippen molar-refractivity contribution in [3.63, 3.8) is 0 Å². The molecule has 0 aliphatic carbocycles. The first-order chi connectivity index (χ1) is 68.9. The largest absolute Gasteiger partial charge is 0.508 e. The predicted molar refractivity (Wildman–Crippen MR) is 524 cm³/mol. The zero-order valence-corrected chi connectivity index (χ0v) is 83.3. The number of H-pyrrole nitrogens is 1. The van der Waals surface area contributed by atoms with Crippen molar-refractivity contribution in [2.24, 2.45) is 46.6 Å². The number of aromatic hydroxyl groups is 1. The summed E-state index contributed by atoms with van der Waals surface area (Å²) in [6.07, 6.45) is -5.24. The van der Waals surface area contributed by atoms with Gasteiger partial charge in [-0.25, -0.2) is 4.79 Å². The van der Waals surface area contributed by atoms with E-state index in [4.69, 9.17) is 22.9 Å². The number of nitrogens with one attached hydrogen (secondary N) is 18. The summed E-state index contributed by atoms with van der Waals surface area (Å²) in [5, 5.41) is 124. The Morgan fingerprint density at radius 1 is 0.363 bits per heavy atom. The Balaban J connectivity index is 1.55. The number of amides is 18. The van der Waals surface area contributed by atoms with Crippen LogP contribution in [0.2, 0.25) is 0 Å². The molecule has 0 bridgehead atoms. The number of phenolic OH excluding ortho intramolecular Hbond substituents is 1. The summed E-state index contributed by atoms with van der Waals surface area (Å²) in [6.45, 7) is 11.1. The van der Waals surface area contributed by atoms with Gasteiger partial charge in [-0.05, 0) is 137 Å². The topological polar surface area (TPSA) is 845 Å². The van der Waals surface area contributed by atoms with Crippen molar-refractivity contribution in [3.05, 3.63) is 102 Å². The number of hydrogen-bond donors (Lipinski definition) is 30. The fourth-order valence-corrected chi connectivity index (χ4v) is 15.0. The zero-order chi connectivity index (χ0) is 109. The molecule has 146 heavy (non-hydrogen) atoms. The van der Waals surface area contributed by atoms with E-state index >= 15 is 0 Å². The Morgan fingerprint density at radius 3 is 1.18 bits per heavy atom. The van der Waals surface area contributed by atoms with E-state index in [0.29, 0.717) is 40.4 Å². The van der Waals surface area contributed by atoms with Crippen molar-refractivity contribution in [1.82, 2.24) is 95.4 Å². The van der Waals surface area contributed by atoms with Crippen molar-refractivity contribution in [2.45, 2.75) is 281 Å². The Hall–Kier alpha value is -14.4. The number of hydrogen-bond acceptors (Lipinski definition) is 29. The number of aromatic amines is 1. The van der Waals surface area contributed by atoms with Crippen LogP contribution >= 0.6 is 0 Å². The molecule has 808 valence electrons. The molecule has 0 saturated heterocycles. The quantitative estimate of drug-likeness (QED) is 0.0183. The highest BCUT2D eigenvalue weighted by Gasteiger charge is 2.43. The van der Waals surface area contributed by atoms with Crippen LogP contribution in [0.5, 0.6) is 5.75 Å². The van der Waals surface area contributed by atoms with Crippen molar-refractivity contribution in [2.75, 3.05) is 39.4 Å². The summed E-state index contributed by atoms with van der Waals surface area (Å²) < 4.78 is 0. The first kappa shape index (κ1) is 124. The zero-order valence-electron chi connectivity index (χ0n) is 83.3. The number of rotatable bonds is 67. The first-order valence-corrected chi connectivity index (χ1v) is 48.1. The van der Waals surface area contributed by atoms with Gasteiger partial charge >= 0.3 is 17.9 Å². The number of aromatic nitrogens is 1. The molecule has 0 aliphatic heterocycles. The van der Waals surface area contributed by atoms with Gasteiger partial charge in [0.05, 0.1) is 51.4 Å². The third-order valence-electron chi connectivity index (χ3n) is 23.7. The van der Waals surface area contributed by atoms with Crippen molar-refractivity contribution < 1.29 is 142 Å².